The molecule has 1 aromatic rings. The second-order valence-corrected chi connectivity index (χ2v) is 6.21. The average molecular weight is 286 g/mol. The lowest BCUT2D eigenvalue weighted by Gasteiger charge is -2.15. The Bertz CT molecular complexity index is 537. The van der Waals surface area contributed by atoms with Gasteiger partial charge in [0.15, 0.2) is 0 Å². The van der Waals surface area contributed by atoms with Crippen molar-refractivity contribution in [1.82, 2.24) is 4.72 Å². The molecular weight excluding hydrogens is 268 g/mol. The summed E-state index contributed by atoms with van der Waals surface area (Å²) in [7, 11) is -3.66. The minimum absolute atomic E-state index is 0.0509. The van der Waals surface area contributed by atoms with E-state index >= 15 is 0 Å². The van der Waals surface area contributed by atoms with Gasteiger partial charge >= 0.3 is 0 Å². The molecule has 1 aromatic carbocycles. The molecule has 0 aliphatic rings. The molecule has 1 amide bonds. The average Bonchev–Trinajstić information content (AvgIpc) is 2.27. The van der Waals surface area contributed by atoms with Crippen LogP contribution in [0.5, 0.6) is 0 Å². The largest absolute Gasteiger partial charge is 0.393 e. The Hall–Kier alpha value is -1.44. The molecule has 6 nitrogen and oxygen atoms in total. The van der Waals surface area contributed by atoms with Gasteiger partial charge in [0.1, 0.15) is 0 Å². The van der Waals surface area contributed by atoms with Crippen molar-refractivity contribution < 1.29 is 18.3 Å². The van der Waals surface area contributed by atoms with Crippen LogP contribution in [-0.2, 0) is 10.0 Å². The van der Waals surface area contributed by atoms with E-state index in [-0.39, 0.29) is 16.5 Å². The Morgan fingerprint density at radius 1 is 1.32 bits per heavy atom. The van der Waals surface area contributed by atoms with E-state index < -0.39 is 22.0 Å². The zero-order chi connectivity index (χ0) is 14.6. The highest BCUT2D eigenvalue weighted by atomic mass is 32.2. The van der Waals surface area contributed by atoms with E-state index in [1.165, 1.54) is 24.3 Å². The van der Waals surface area contributed by atoms with Crippen molar-refractivity contribution in [2.45, 2.75) is 37.3 Å². The third-order valence-electron chi connectivity index (χ3n) is 2.50. The van der Waals surface area contributed by atoms with Crippen LogP contribution in [0.4, 0.5) is 0 Å². The number of hydrogen-bond acceptors (Lipinski definition) is 4. The lowest BCUT2D eigenvalue weighted by atomic mass is 10.2. The summed E-state index contributed by atoms with van der Waals surface area (Å²) < 4.78 is 26.4. The smallest absolute Gasteiger partial charge is 0.248 e. The summed E-state index contributed by atoms with van der Waals surface area (Å²) in [5.41, 5.74) is 5.32. The van der Waals surface area contributed by atoms with Crippen LogP contribution in [-0.4, -0.2) is 31.6 Å². The highest BCUT2D eigenvalue weighted by Gasteiger charge is 2.18. The fraction of sp³-hybridized carbons (Fsp3) is 0.417. The van der Waals surface area contributed by atoms with Crippen LogP contribution in [0.15, 0.2) is 29.2 Å². The number of benzene rings is 1. The zero-order valence-electron chi connectivity index (χ0n) is 10.8. The van der Waals surface area contributed by atoms with Gasteiger partial charge in [-0.3, -0.25) is 4.79 Å². The van der Waals surface area contributed by atoms with Crippen LogP contribution in [0.2, 0.25) is 0 Å². The predicted octanol–water partition coefficient (Wildman–Crippen LogP) is 0.223. The van der Waals surface area contributed by atoms with Gasteiger partial charge < -0.3 is 10.8 Å². The molecule has 106 valence electrons. The number of primary amides is 1. The molecule has 0 aliphatic heterocycles. The molecule has 2 unspecified atom stereocenters. The highest BCUT2D eigenvalue weighted by molar-refractivity contribution is 7.89. The number of sulfonamides is 1. The summed E-state index contributed by atoms with van der Waals surface area (Å²) in [5, 5.41) is 9.20. The molecule has 0 aromatic heterocycles. The summed E-state index contributed by atoms with van der Waals surface area (Å²) >= 11 is 0. The first-order valence-corrected chi connectivity index (χ1v) is 7.31. The van der Waals surface area contributed by atoms with Crippen LogP contribution < -0.4 is 10.5 Å². The standard InChI is InChI=1S/C12H18N2O4S/c1-8(7-9(2)15)14-19(17,18)11-5-3-10(4-6-11)12(13)16/h3-6,8-9,14-15H,7H2,1-2H3,(H2,13,16). The molecule has 0 aliphatic carbocycles. The van der Waals surface area contributed by atoms with E-state index in [2.05, 4.69) is 4.72 Å². The molecule has 0 saturated carbocycles. The maximum absolute atomic E-state index is 12.0. The van der Waals surface area contributed by atoms with Crippen molar-refractivity contribution in [1.29, 1.82) is 0 Å². The van der Waals surface area contributed by atoms with E-state index in [0.29, 0.717) is 6.42 Å². The van der Waals surface area contributed by atoms with Crippen molar-refractivity contribution in [3.8, 4) is 0 Å². The third kappa shape index (κ3) is 4.62. The predicted molar refractivity (Wildman–Crippen MR) is 71.0 cm³/mol. The molecule has 0 bridgehead atoms. The van der Waals surface area contributed by atoms with Gasteiger partial charge in [0.05, 0.1) is 11.0 Å². The van der Waals surface area contributed by atoms with E-state index in [4.69, 9.17) is 5.73 Å². The van der Waals surface area contributed by atoms with Crippen LogP contribution in [0.1, 0.15) is 30.6 Å². The third-order valence-corrected chi connectivity index (χ3v) is 4.11. The number of carbonyl (C=O) groups is 1. The molecule has 4 N–H and O–H groups in total. The normalized spacial score (nSPS) is 14.9. The van der Waals surface area contributed by atoms with Gasteiger partial charge in [0, 0.05) is 11.6 Å². The van der Waals surface area contributed by atoms with Gasteiger partial charge in [-0.05, 0) is 44.5 Å². The summed E-state index contributed by atoms with van der Waals surface area (Å²) in [6.45, 7) is 3.26. The number of rotatable bonds is 6. The van der Waals surface area contributed by atoms with Crippen molar-refractivity contribution in [2.75, 3.05) is 0 Å². The number of amides is 1. The van der Waals surface area contributed by atoms with Gasteiger partial charge in [0.25, 0.3) is 0 Å². The fourth-order valence-corrected chi connectivity index (χ4v) is 2.95. The Morgan fingerprint density at radius 3 is 2.26 bits per heavy atom. The number of nitrogens with two attached hydrogens (primary N) is 1. The molecule has 2 atom stereocenters. The minimum atomic E-state index is -3.66. The van der Waals surface area contributed by atoms with Gasteiger partial charge in [0.2, 0.25) is 15.9 Å². The first kappa shape index (κ1) is 15.6. The zero-order valence-corrected chi connectivity index (χ0v) is 11.6. The van der Waals surface area contributed by atoms with E-state index in [1.54, 1.807) is 13.8 Å². The summed E-state index contributed by atoms with van der Waals surface area (Å²) in [4.78, 5) is 10.9. The van der Waals surface area contributed by atoms with Gasteiger partial charge in [-0.25, -0.2) is 13.1 Å². The lowest BCUT2D eigenvalue weighted by Crippen LogP contribution is -2.34. The first-order valence-electron chi connectivity index (χ1n) is 5.82. The molecular formula is C12H18N2O4S. The summed E-state index contributed by atoms with van der Waals surface area (Å²) in [6.07, 6.45) is -0.270. The number of hydrogen-bond donors (Lipinski definition) is 3. The van der Waals surface area contributed by atoms with Gasteiger partial charge in [-0.1, -0.05) is 0 Å². The maximum atomic E-state index is 12.0. The van der Waals surface area contributed by atoms with Crippen LogP contribution in [0.3, 0.4) is 0 Å². The second kappa shape index (κ2) is 6.14. The van der Waals surface area contributed by atoms with E-state index in [1.807, 2.05) is 0 Å². The first-order chi connectivity index (χ1) is 8.72. The quantitative estimate of drug-likeness (QED) is 0.695. The monoisotopic (exact) mass is 286 g/mol. The molecule has 0 fully saturated rings. The number of carbonyl (C=O) groups excluding carboxylic acids is 1. The molecule has 0 spiro atoms. The Morgan fingerprint density at radius 2 is 1.84 bits per heavy atom. The molecule has 0 saturated heterocycles. The van der Waals surface area contributed by atoms with Crippen LogP contribution in [0, 0.1) is 0 Å². The van der Waals surface area contributed by atoms with Gasteiger partial charge in [-0.2, -0.15) is 0 Å². The van der Waals surface area contributed by atoms with Crippen LogP contribution in [0.25, 0.3) is 0 Å². The fourth-order valence-electron chi connectivity index (χ4n) is 1.69. The highest BCUT2D eigenvalue weighted by Crippen LogP contribution is 2.12. The summed E-state index contributed by atoms with van der Waals surface area (Å²) in [5.74, 6) is -0.612. The van der Waals surface area contributed by atoms with Gasteiger partial charge in [-0.15, -0.1) is 0 Å². The molecule has 0 radical (unpaired) electrons. The van der Waals surface area contributed by atoms with E-state index in [9.17, 15) is 18.3 Å². The SMILES string of the molecule is CC(O)CC(C)NS(=O)(=O)c1ccc(C(N)=O)cc1. The van der Waals surface area contributed by atoms with Crippen molar-refractivity contribution >= 4 is 15.9 Å². The lowest BCUT2D eigenvalue weighted by molar-refractivity contribution is 0.1000. The Balaban J connectivity index is 2.85. The number of aliphatic hydroxyl groups is 1. The Labute approximate surface area is 112 Å². The van der Waals surface area contributed by atoms with Crippen molar-refractivity contribution in [3.63, 3.8) is 0 Å². The number of aliphatic hydroxyl groups excluding tert-OH is 1. The molecule has 1 rings (SSSR count). The van der Waals surface area contributed by atoms with Crippen LogP contribution >= 0.6 is 0 Å². The maximum Gasteiger partial charge on any atom is 0.248 e. The molecule has 7 heteroatoms. The summed E-state index contributed by atoms with van der Waals surface area (Å²) in [6, 6.07) is 4.96. The minimum Gasteiger partial charge on any atom is -0.393 e. The molecule has 0 heterocycles. The number of nitrogens with one attached hydrogen (secondary N) is 1. The van der Waals surface area contributed by atoms with E-state index in [0.717, 1.165) is 0 Å². The molecule has 19 heavy (non-hydrogen) atoms. The second-order valence-electron chi connectivity index (χ2n) is 4.50. The Kier molecular flexibility index (Phi) is 5.04. The van der Waals surface area contributed by atoms with Crippen molar-refractivity contribution in [2.24, 2.45) is 5.73 Å². The van der Waals surface area contributed by atoms with Crippen molar-refractivity contribution in [3.05, 3.63) is 29.8 Å². The topological polar surface area (TPSA) is 109 Å².